The number of benzene rings is 1. The molecule has 0 aromatic heterocycles. The highest BCUT2D eigenvalue weighted by molar-refractivity contribution is 7.86. The maximum Gasteiger partial charge on any atom is 0.282 e. The lowest BCUT2D eigenvalue weighted by atomic mass is 9.95. The predicted molar refractivity (Wildman–Crippen MR) is 74.4 cm³/mol. The topological polar surface area (TPSA) is 49.9 Å². The molecule has 0 bridgehead atoms. The monoisotopic (exact) mass is 284 g/mol. The minimum atomic E-state index is -3.37. The van der Waals surface area contributed by atoms with E-state index in [1.165, 1.54) is 4.31 Å². The Kier molecular flexibility index (Phi) is 3.85. The van der Waals surface area contributed by atoms with Crippen molar-refractivity contribution in [3.63, 3.8) is 0 Å². The summed E-state index contributed by atoms with van der Waals surface area (Å²) < 4.78 is 32.5. The van der Waals surface area contributed by atoms with E-state index in [2.05, 4.69) is 0 Å². The Morgan fingerprint density at radius 3 is 2.63 bits per heavy atom. The van der Waals surface area contributed by atoms with Gasteiger partial charge in [-0.25, -0.2) is 0 Å². The molecule has 0 saturated heterocycles. The Bertz CT molecular complexity index is 569. The molecule has 0 saturated carbocycles. The van der Waals surface area contributed by atoms with Crippen molar-refractivity contribution in [3.8, 4) is 5.75 Å². The molecule has 1 aliphatic heterocycles. The van der Waals surface area contributed by atoms with Crippen LogP contribution in [-0.4, -0.2) is 44.8 Å². The molecule has 0 aliphatic carbocycles. The summed E-state index contributed by atoms with van der Waals surface area (Å²) in [6, 6.07) is 5.67. The molecule has 0 amide bonds. The van der Waals surface area contributed by atoms with Gasteiger partial charge in [-0.15, -0.1) is 0 Å². The largest absolute Gasteiger partial charge is 0.497 e. The normalized spacial score (nSPS) is 20.4. The minimum absolute atomic E-state index is 0.151. The van der Waals surface area contributed by atoms with Crippen molar-refractivity contribution in [2.75, 3.05) is 27.7 Å². The molecule has 0 spiro atoms. The number of hydrogen-bond acceptors (Lipinski definition) is 3. The summed E-state index contributed by atoms with van der Waals surface area (Å²) in [4.78, 5) is 0. The van der Waals surface area contributed by atoms with Crippen LogP contribution >= 0.6 is 0 Å². The Morgan fingerprint density at radius 2 is 2.05 bits per heavy atom. The molecular weight excluding hydrogens is 264 g/mol. The molecule has 0 radical (unpaired) electrons. The molecule has 1 aromatic carbocycles. The van der Waals surface area contributed by atoms with Crippen LogP contribution in [0.1, 0.15) is 24.1 Å². The van der Waals surface area contributed by atoms with Crippen LogP contribution in [0.4, 0.5) is 0 Å². The lowest BCUT2D eigenvalue weighted by molar-refractivity contribution is 0.304. The first kappa shape index (κ1) is 14.3. The summed E-state index contributed by atoms with van der Waals surface area (Å²) in [6.07, 6.45) is 0.712. The van der Waals surface area contributed by atoms with Crippen LogP contribution in [0.25, 0.3) is 0 Å². The van der Waals surface area contributed by atoms with E-state index in [0.717, 1.165) is 16.9 Å². The first-order valence-electron chi connectivity index (χ1n) is 6.24. The van der Waals surface area contributed by atoms with E-state index in [1.807, 2.05) is 25.1 Å². The van der Waals surface area contributed by atoms with Gasteiger partial charge >= 0.3 is 0 Å². The van der Waals surface area contributed by atoms with E-state index in [9.17, 15) is 8.42 Å². The van der Waals surface area contributed by atoms with Crippen LogP contribution in [0, 0.1) is 0 Å². The molecule has 6 heteroatoms. The number of fused-ring (bicyclic) bond motifs is 1. The van der Waals surface area contributed by atoms with E-state index >= 15 is 0 Å². The second kappa shape index (κ2) is 5.11. The van der Waals surface area contributed by atoms with Gasteiger partial charge in [-0.1, -0.05) is 6.07 Å². The van der Waals surface area contributed by atoms with Gasteiger partial charge in [-0.3, -0.25) is 0 Å². The summed E-state index contributed by atoms with van der Waals surface area (Å²) >= 11 is 0. The van der Waals surface area contributed by atoms with E-state index in [1.54, 1.807) is 25.5 Å². The maximum atomic E-state index is 12.3. The zero-order valence-corrected chi connectivity index (χ0v) is 12.6. The van der Waals surface area contributed by atoms with Crippen LogP contribution in [0.2, 0.25) is 0 Å². The predicted octanol–water partition coefficient (Wildman–Crippen LogP) is 1.42. The fraction of sp³-hybridized carbons (Fsp3) is 0.538. The van der Waals surface area contributed by atoms with Crippen molar-refractivity contribution in [1.82, 2.24) is 8.61 Å². The van der Waals surface area contributed by atoms with E-state index in [0.29, 0.717) is 13.0 Å². The molecule has 19 heavy (non-hydrogen) atoms. The number of ether oxygens (including phenoxy) is 1. The minimum Gasteiger partial charge on any atom is -0.497 e. The van der Waals surface area contributed by atoms with Gasteiger partial charge in [0.1, 0.15) is 5.75 Å². The van der Waals surface area contributed by atoms with Crippen LogP contribution in [0.15, 0.2) is 18.2 Å². The third kappa shape index (κ3) is 2.48. The Balaban J connectivity index is 2.38. The molecule has 5 nitrogen and oxygen atoms in total. The van der Waals surface area contributed by atoms with Crippen molar-refractivity contribution in [2.24, 2.45) is 0 Å². The second-order valence-corrected chi connectivity index (χ2v) is 6.99. The van der Waals surface area contributed by atoms with Crippen molar-refractivity contribution >= 4 is 10.2 Å². The fourth-order valence-electron chi connectivity index (χ4n) is 2.44. The highest BCUT2D eigenvalue weighted by atomic mass is 32.2. The summed E-state index contributed by atoms with van der Waals surface area (Å²) in [7, 11) is 1.39. The zero-order valence-electron chi connectivity index (χ0n) is 11.8. The van der Waals surface area contributed by atoms with Crippen LogP contribution in [0.3, 0.4) is 0 Å². The van der Waals surface area contributed by atoms with Crippen LogP contribution in [-0.2, 0) is 16.6 Å². The van der Waals surface area contributed by atoms with Gasteiger partial charge in [0.25, 0.3) is 10.2 Å². The third-order valence-electron chi connectivity index (χ3n) is 3.59. The molecule has 1 aliphatic rings. The summed E-state index contributed by atoms with van der Waals surface area (Å²) in [5.74, 6) is 0.815. The number of rotatable bonds is 3. The molecule has 1 unspecified atom stereocenters. The van der Waals surface area contributed by atoms with Gasteiger partial charge in [0.15, 0.2) is 0 Å². The van der Waals surface area contributed by atoms with Gasteiger partial charge in [0, 0.05) is 26.7 Å². The van der Waals surface area contributed by atoms with Crippen molar-refractivity contribution in [2.45, 2.75) is 19.4 Å². The number of nitrogens with zero attached hydrogens (tertiary/aromatic N) is 2. The molecule has 0 N–H and O–H groups in total. The van der Waals surface area contributed by atoms with E-state index in [4.69, 9.17) is 4.74 Å². The van der Waals surface area contributed by atoms with Crippen molar-refractivity contribution in [3.05, 3.63) is 29.3 Å². The average Bonchev–Trinajstić information content (AvgIpc) is 2.38. The van der Waals surface area contributed by atoms with Gasteiger partial charge < -0.3 is 4.74 Å². The first-order valence-corrected chi connectivity index (χ1v) is 7.63. The van der Waals surface area contributed by atoms with Crippen LogP contribution in [0.5, 0.6) is 5.75 Å². The third-order valence-corrected chi connectivity index (χ3v) is 5.61. The first-order chi connectivity index (χ1) is 8.87. The maximum absolute atomic E-state index is 12.3. The van der Waals surface area contributed by atoms with Gasteiger partial charge in [-0.2, -0.15) is 17.0 Å². The molecule has 1 atom stereocenters. The highest BCUT2D eigenvalue weighted by Crippen LogP contribution is 2.33. The summed E-state index contributed by atoms with van der Waals surface area (Å²) in [5, 5.41) is 0. The molecule has 0 fully saturated rings. The van der Waals surface area contributed by atoms with Crippen LogP contribution < -0.4 is 4.74 Å². The van der Waals surface area contributed by atoms with Gasteiger partial charge in [0.05, 0.1) is 7.11 Å². The molecular formula is C13H20N2O3S. The molecule has 1 aromatic rings. The number of methoxy groups -OCH3 is 1. The Morgan fingerprint density at radius 1 is 1.37 bits per heavy atom. The Labute approximate surface area is 115 Å². The zero-order chi connectivity index (χ0) is 14.2. The lowest BCUT2D eigenvalue weighted by Crippen LogP contribution is -2.44. The highest BCUT2D eigenvalue weighted by Gasteiger charge is 2.34. The summed E-state index contributed by atoms with van der Waals surface area (Å²) in [6.45, 7) is 2.42. The smallest absolute Gasteiger partial charge is 0.282 e. The molecule has 106 valence electrons. The van der Waals surface area contributed by atoms with Crippen molar-refractivity contribution < 1.29 is 13.2 Å². The quantitative estimate of drug-likeness (QED) is 0.843. The number of hydrogen-bond donors (Lipinski definition) is 0. The van der Waals surface area contributed by atoms with Gasteiger partial charge in [0.2, 0.25) is 0 Å². The van der Waals surface area contributed by atoms with E-state index < -0.39 is 10.2 Å². The SMILES string of the molecule is COc1ccc2c(c1)CCN(S(=O)(=O)N(C)C)C2C. The van der Waals surface area contributed by atoms with Gasteiger partial charge in [-0.05, 0) is 36.6 Å². The second-order valence-electron chi connectivity index (χ2n) is 4.89. The standard InChI is InChI=1S/C13H20N2O3S/c1-10-13-6-5-12(18-4)9-11(13)7-8-15(10)19(16,17)14(2)3/h5-6,9-10H,7-8H2,1-4H3. The molecule has 1 heterocycles. The Hall–Kier alpha value is -1.11. The van der Waals surface area contributed by atoms with E-state index in [-0.39, 0.29) is 6.04 Å². The average molecular weight is 284 g/mol. The fourth-order valence-corrected chi connectivity index (χ4v) is 3.69. The molecule has 2 rings (SSSR count). The summed E-state index contributed by atoms with van der Waals surface area (Å²) in [5.41, 5.74) is 2.22. The van der Waals surface area contributed by atoms with Crippen molar-refractivity contribution in [1.29, 1.82) is 0 Å². The lowest BCUT2D eigenvalue weighted by Gasteiger charge is -2.35.